The van der Waals surface area contributed by atoms with Crippen LogP contribution >= 0.6 is 0 Å². The number of hydrogen-bond acceptors (Lipinski definition) is 2. The van der Waals surface area contributed by atoms with E-state index in [4.69, 9.17) is 4.74 Å². The van der Waals surface area contributed by atoms with Gasteiger partial charge in [-0.3, -0.25) is 4.79 Å². The summed E-state index contributed by atoms with van der Waals surface area (Å²) >= 11 is 0. The Morgan fingerprint density at radius 2 is 2.18 bits per heavy atom. The minimum atomic E-state index is 0.247. The summed E-state index contributed by atoms with van der Waals surface area (Å²) < 4.78 is 5.24. The molecule has 0 saturated heterocycles. The van der Waals surface area contributed by atoms with E-state index >= 15 is 0 Å². The molecule has 1 atom stereocenters. The van der Waals surface area contributed by atoms with Crippen LogP contribution in [0.3, 0.4) is 0 Å². The van der Waals surface area contributed by atoms with Gasteiger partial charge in [-0.2, -0.15) is 0 Å². The summed E-state index contributed by atoms with van der Waals surface area (Å²) in [5, 5.41) is 0. The van der Waals surface area contributed by atoms with Gasteiger partial charge in [0.05, 0.1) is 7.11 Å². The molecule has 2 nitrogen and oxygen atoms in total. The molecule has 2 heteroatoms. The van der Waals surface area contributed by atoms with Crippen molar-refractivity contribution in [1.29, 1.82) is 0 Å². The first kappa shape index (κ1) is 12.2. The van der Waals surface area contributed by atoms with Crippen molar-refractivity contribution in [2.24, 2.45) is 5.92 Å². The second-order valence-electron chi connectivity index (χ2n) is 4.92. The van der Waals surface area contributed by atoms with E-state index < -0.39 is 0 Å². The SMILES string of the molecule is COc1ccc(CC2CCCCC2=O)cc1C. The van der Waals surface area contributed by atoms with Crippen molar-refractivity contribution < 1.29 is 9.53 Å². The van der Waals surface area contributed by atoms with E-state index in [0.717, 1.165) is 37.0 Å². The Labute approximate surface area is 103 Å². The lowest BCUT2D eigenvalue weighted by molar-refractivity contribution is -0.124. The molecule has 0 heterocycles. The number of methoxy groups -OCH3 is 1. The molecule has 1 aliphatic carbocycles. The maximum absolute atomic E-state index is 11.8. The average molecular weight is 232 g/mol. The van der Waals surface area contributed by atoms with Crippen LogP contribution in [-0.4, -0.2) is 12.9 Å². The predicted octanol–water partition coefficient (Wildman–Crippen LogP) is 3.31. The number of ether oxygens (including phenoxy) is 1. The number of carbonyl (C=O) groups is 1. The number of Topliss-reactive ketones (excluding diaryl/α,β-unsaturated/α-hetero) is 1. The van der Waals surface area contributed by atoms with E-state index in [1.54, 1.807) is 7.11 Å². The van der Waals surface area contributed by atoms with Gasteiger partial charge in [0.25, 0.3) is 0 Å². The quantitative estimate of drug-likeness (QED) is 0.799. The number of rotatable bonds is 3. The van der Waals surface area contributed by atoms with Gasteiger partial charge in [-0.25, -0.2) is 0 Å². The molecule has 0 amide bonds. The number of carbonyl (C=O) groups excluding carboxylic acids is 1. The average Bonchev–Trinajstić information content (AvgIpc) is 2.32. The standard InChI is InChI=1S/C15H20O2/c1-11-9-12(7-8-15(11)17-2)10-13-5-3-4-6-14(13)16/h7-9,13H,3-6,10H2,1-2H3. The van der Waals surface area contributed by atoms with E-state index in [0.29, 0.717) is 5.78 Å². The molecule has 1 aromatic carbocycles. The highest BCUT2D eigenvalue weighted by Gasteiger charge is 2.22. The number of aryl methyl sites for hydroxylation is 1. The van der Waals surface area contributed by atoms with Gasteiger partial charge in [0.2, 0.25) is 0 Å². The van der Waals surface area contributed by atoms with Crippen LogP contribution in [0.2, 0.25) is 0 Å². The van der Waals surface area contributed by atoms with Crippen LogP contribution in [0.1, 0.15) is 36.8 Å². The lowest BCUT2D eigenvalue weighted by Gasteiger charge is -2.20. The molecule has 2 rings (SSSR count). The van der Waals surface area contributed by atoms with Crippen LogP contribution < -0.4 is 4.74 Å². The Bertz CT molecular complexity index is 409. The topological polar surface area (TPSA) is 26.3 Å². The van der Waals surface area contributed by atoms with Gasteiger partial charge in [-0.05, 0) is 43.4 Å². The molecule has 1 saturated carbocycles. The second-order valence-corrected chi connectivity index (χ2v) is 4.92. The molecule has 0 bridgehead atoms. The lowest BCUT2D eigenvalue weighted by Crippen LogP contribution is -2.21. The monoisotopic (exact) mass is 232 g/mol. The summed E-state index contributed by atoms with van der Waals surface area (Å²) in [4.78, 5) is 11.8. The minimum Gasteiger partial charge on any atom is -0.496 e. The van der Waals surface area contributed by atoms with Gasteiger partial charge in [-0.15, -0.1) is 0 Å². The van der Waals surface area contributed by atoms with E-state index in [-0.39, 0.29) is 5.92 Å². The van der Waals surface area contributed by atoms with Crippen molar-refractivity contribution in [3.63, 3.8) is 0 Å². The molecule has 1 unspecified atom stereocenters. The summed E-state index contributed by atoms with van der Waals surface area (Å²) in [6, 6.07) is 6.21. The van der Waals surface area contributed by atoms with Crippen LogP contribution in [0, 0.1) is 12.8 Å². The van der Waals surface area contributed by atoms with Gasteiger partial charge in [-0.1, -0.05) is 18.6 Å². The molecule has 1 aromatic rings. The van der Waals surface area contributed by atoms with Crippen LogP contribution in [0.15, 0.2) is 18.2 Å². The van der Waals surface area contributed by atoms with Crippen molar-refractivity contribution in [1.82, 2.24) is 0 Å². The minimum absolute atomic E-state index is 0.247. The Morgan fingerprint density at radius 1 is 1.35 bits per heavy atom. The van der Waals surface area contributed by atoms with E-state index in [2.05, 4.69) is 12.1 Å². The normalized spacial score (nSPS) is 20.4. The molecule has 0 aromatic heterocycles. The van der Waals surface area contributed by atoms with E-state index in [1.165, 1.54) is 12.0 Å². The van der Waals surface area contributed by atoms with Crippen molar-refractivity contribution >= 4 is 5.78 Å². The zero-order valence-corrected chi connectivity index (χ0v) is 10.7. The zero-order chi connectivity index (χ0) is 12.3. The van der Waals surface area contributed by atoms with Crippen molar-refractivity contribution in [2.75, 3.05) is 7.11 Å². The van der Waals surface area contributed by atoms with E-state index in [1.807, 2.05) is 13.0 Å². The molecule has 92 valence electrons. The Kier molecular flexibility index (Phi) is 3.82. The molecule has 1 fully saturated rings. The van der Waals surface area contributed by atoms with E-state index in [9.17, 15) is 4.79 Å². The van der Waals surface area contributed by atoms with Crippen LogP contribution in [0.5, 0.6) is 5.75 Å². The van der Waals surface area contributed by atoms with Crippen LogP contribution in [0.4, 0.5) is 0 Å². The third-order valence-electron chi connectivity index (χ3n) is 3.62. The second kappa shape index (κ2) is 5.35. The van der Waals surface area contributed by atoms with Gasteiger partial charge in [0.15, 0.2) is 0 Å². The molecular formula is C15H20O2. The lowest BCUT2D eigenvalue weighted by atomic mass is 9.83. The van der Waals surface area contributed by atoms with Gasteiger partial charge in [0.1, 0.15) is 11.5 Å². The molecular weight excluding hydrogens is 212 g/mol. The summed E-state index contributed by atoms with van der Waals surface area (Å²) in [6.45, 7) is 2.05. The zero-order valence-electron chi connectivity index (χ0n) is 10.7. The number of ketones is 1. The summed E-state index contributed by atoms with van der Waals surface area (Å²) in [6.07, 6.45) is 5.01. The predicted molar refractivity (Wildman–Crippen MR) is 68.4 cm³/mol. The van der Waals surface area contributed by atoms with Crippen molar-refractivity contribution in [3.8, 4) is 5.75 Å². The number of hydrogen-bond donors (Lipinski definition) is 0. The summed E-state index contributed by atoms with van der Waals surface area (Å²) in [5.41, 5.74) is 2.40. The molecule has 1 aliphatic rings. The highest BCUT2D eigenvalue weighted by molar-refractivity contribution is 5.81. The summed E-state index contributed by atoms with van der Waals surface area (Å²) in [5.74, 6) is 1.62. The van der Waals surface area contributed by atoms with Crippen molar-refractivity contribution in [3.05, 3.63) is 29.3 Å². The third kappa shape index (κ3) is 2.87. The maximum atomic E-state index is 11.8. The fourth-order valence-corrected chi connectivity index (χ4v) is 2.62. The third-order valence-corrected chi connectivity index (χ3v) is 3.62. The highest BCUT2D eigenvalue weighted by atomic mass is 16.5. The first-order valence-corrected chi connectivity index (χ1v) is 6.37. The smallest absolute Gasteiger partial charge is 0.136 e. The molecule has 0 N–H and O–H groups in total. The largest absolute Gasteiger partial charge is 0.496 e. The van der Waals surface area contributed by atoms with Crippen LogP contribution in [-0.2, 0) is 11.2 Å². The van der Waals surface area contributed by atoms with Gasteiger partial charge < -0.3 is 4.74 Å². The first-order chi connectivity index (χ1) is 8.20. The number of benzene rings is 1. The van der Waals surface area contributed by atoms with Crippen LogP contribution in [0.25, 0.3) is 0 Å². The molecule has 0 aliphatic heterocycles. The summed E-state index contributed by atoms with van der Waals surface area (Å²) in [7, 11) is 1.69. The first-order valence-electron chi connectivity index (χ1n) is 6.37. The fraction of sp³-hybridized carbons (Fsp3) is 0.533. The fourth-order valence-electron chi connectivity index (χ4n) is 2.62. The maximum Gasteiger partial charge on any atom is 0.136 e. The Morgan fingerprint density at radius 3 is 2.82 bits per heavy atom. The molecule has 0 spiro atoms. The molecule has 17 heavy (non-hydrogen) atoms. The molecule has 0 radical (unpaired) electrons. The Balaban J connectivity index is 2.07. The van der Waals surface area contributed by atoms with Gasteiger partial charge in [0, 0.05) is 12.3 Å². The highest BCUT2D eigenvalue weighted by Crippen LogP contribution is 2.26. The van der Waals surface area contributed by atoms with Gasteiger partial charge >= 0.3 is 0 Å². The van der Waals surface area contributed by atoms with Crippen molar-refractivity contribution in [2.45, 2.75) is 39.0 Å². The Hall–Kier alpha value is -1.31.